The molecule has 172 valence electrons. The van der Waals surface area contributed by atoms with Crippen molar-refractivity contribution in [3.63, 3.8) is 0 Å². The number of anilines is 1. The van der Waals surface area contributed by atoms with Crippen LogP contribution in [0.4, 0.5) is 11.4 Å². The first-order valence-electron chi connectivity index (χ1n) is 10.7. The van der Waals surface area contributed by atoms with E-state index in [-0.39, 0.29) is 29.9 Å². The molecular weight excluding hydrogens is 422 g/mol. The molecule has 2 aliphatic rings. The molecule has 10 nitrogen and oxygen atoms in total. The van der Waals surface area contributed by atoms with Crippen molar-refractivity contribution in [3.8, 4) is 0 Å². The van der Waals surface area contributed by atoms with Gasteiger partial charge in [-0.25, -0.2) is 0 Å². The average molecular weight is 454 g/mol. The Balaban J connectivity index is 1.53. The molecule has 1 saturated heterocycles. The summed E-state index contributed by atoms with van der Waals surface area (Å²) in [6.07, 6.45) is 5.10. The number of benzene rings is 1. The van der Waals surface area contributed by atoms with E-state index in [9.17, 15) is 23.3 Å². The topological polar surface area (TPSA) is 116 Å². The number of amides is 1. The Morgan fingerprint density at radius 3 is 2.45 bits per heavy atom. The number of nitro benzene ring substituents is 1. The summed E-state index contributed by atoms with van der Waals surface area (Å²) in [6.45, 7) is 3.30. The van der Waals surface area contributed by atoms with Crippen LogP contribution in [-0.2, 0) is 15.0 Å². The Hall–Kier alpha value is -2.08. The highest BCUT2D eigenvalue weighted by molar-refractivity contribution is 7.86. The van der Waals surface area contributed by atoms with Crippen molar-refractivity contribution in [1.82, 2.24) is 13.5 Å². The Labute approximate surface area is 183 Å². The van der Waals surface area contributed by atoms with Crippen LogP contribution in [0.5, 0.6) is 0 Å². The maximum absolute atomic E-state index is 13.0. The largest absolute Gasteiger partial charge is 0.319 e. The number of nitrogens with one attached hydrogen (secondary N) is 1. The average Bonchev–Trinajstić information content (AvgIpc) is 2.75. The third kappa shape index (κ3) is 5.79. The van der Waals surface area contributed by atoms with Crippen LogP contribution in [0.3, 0.4) is 0 Å². The summed E-state index contributed by atoms with van der Waals surface area (Å²) in [6, 6.07) is 4.71. The second-order valence-electron chi connectivity index (χ2n) is 8.32. The predicted octanol–water partition coefficient (Wildman–Crippen LogP) is 1.97. The fourth-order valence-electron chi connectivity index (χ4n) is 4.22. The van der Waals surface area contributed by atoms with E-state index in [1.54, 1.807) is 20.0 Å². The van der Waals surface area contributed by atoms with E-state index in [0.717, 1.165) is 37.7 Å². The molecule has 1 aromatic carbocycles. The molecule has 2 fully saturated rings. The molecule has 0 aromatic heterocycles. The van der Waals surface area contributed by atoms with Crippen molar-refractivity contribution in [2.75, 3.05) is 45.1 Å². The third-order valence-electron chi connectivity index (χ3n) is 6.10. The van der Waals surface area contributed by atoms with Crippen molar-refractivity contribution < 1.29 is 18.1 Å². The molecule has 1 N–H and O–H groups in total. The van der Waals surface area contributed by atoms with Gasteiger partial charge in [-0.05, 0) is 31.4 Å². The molecule has 0 radical (unpaired) electrons. The van der Waals surface area contributed by atoms with Gasteiger partial charge in [0.1, 0.15) is 5.69 Å². The number of carbonyl (C=O) groups excluding carboxylic acids is 1. The molecule has 0 atom stereocenters. The van der Waals surface area contributed by atoms with Gasteiger partial charge in [0.25, 0.3) is 15.9 Å². The van der Waals surface area contributed by atoms with E-state index in [1.165, 1.54) is 20.7 Å². The Kier molecular flexibility index (Phi) is 7.63. The molecule has 1 aliphatic heterocycles. The highest BCUT2D eigenvalue weighted by Gasteiger charge is 2.34. The van der Waals surface area contributed by atoms with Crippen molar-refractivity contribution >= 4 is 27.5 Å². The smallest absolute Gasteiger partial charge is 0.293 e. The number of nitro groups is 1. The van der Waals surface area contributed by atoms with Gasteiger partial charge < -0.3 is 5.32 Å². The van der Waals surface area contributed by atoms with Crippen LogP contribution in [0.25, 0.3) is 0 Å². The van der Waals surface area contributed by atoms with Crippen LogP contribution in [0.15, 0.2) is 18.2 Å². The van der Waals surface area contributed by atoms with Gasteiger partial charge in [-0.15, -0.1) is 0 Å². The summed E-state index contributed by atoms with van der Waals surface area (Å²) in [5, 5.41) is 13.8. The quantitative estimate of drug-likeness (QED) is 0.498. The monoisotopic (exact) mass is 453 g/mol. The number of aryl methyl sites for hydroxylation is 1. The highest BCUT2D eigenvalue weighted by Crippen LogP contribution is 2.26. The van der Waals surface area contributed by atoms with Crippen LogP contribution in [0.1, 0.15) is 37.7 Å². The lowest BCUT2D eigenvalue weighted by Gasteiger charge is -2.38. The van der Waals surface area contributed by atoms with Gasteiger partial charge in [0.05, 0.1) is 11.5 Å². The summed E-state index contributed by atoms with van der Waals surface area (Å²) < 4.78 is 29.0. The number of hydrogen-bond acceptors (Lipinski definition) is 6. The van der Waals surface area contributed by atoms with Crippen LogP contribution >= 0.6 is 0 Å². The predicted molar refractivity (Wildman–Crippen MR) is 118 cm³/mol. The molecule has 31 heavy (non-hydrogen) atoms. The third-order valence-corrected chi connectivity index (χ3v) is 8.15. The second-order valence-corrected chi connectivity index (χ2v) is 10.3. The molecule has 0 spiro atoms. The van der Waals surface area contributed by atoms with E-state index in [2.05, 4.69) is 5.32 Å². The van der Waals surface area contributed by atoms with E-state index in [1.807, 2.05) is 4.90 Å². The zero-order valence-corrected chi connectivity index (χ0v) is 18.9. The fourth-order valence-corrected chi connectivity index (χ4v) is 5.80. The summed E-state index contributed by atoms with van der Waals surface area (Å²) in [5.74, 6) is -0.359. The van der Waals surface area contributed by atoms with Gasteiger partial charge in [-0.2, -0.15) is 17.0 Å². The molecule has 1 saturated carbocycles. The van der Waals surface area contributed by atoms with E-state index < -0.39 is 15.1 Å². The molecule has 0 unspecified atom stereocenters. The van der Waals surface area contributed by atoms with Crippen LogP contribution < -0.4 is 5.32 Å². The highest BCUT2D eigenvalue weighted by atomic mass is 32.2. The Morgan fingerprint density at radius 1 is 1.19 bits per heavy atom. The summed E-state index contributed by atoms with van der Waals surface area (Å²) in [7, 11) is -1.85. The SMILES string of the molecule is Cc1ccc(NC(=O)CN2CCN(S(=O)(=O)N(C)C3CCCCC3)CC2)c([N+](=O)[O-])c1. The van der Waals surface area contributed by atoms with Crippen molar-refractivity contribution in [3.05, 3.63) is 33.9 Å². The minimum atomic E-state index is -3.52. The lowest BCUT2D eigenvalue weighted by Crippen LogP contribution is -2.55. The van der Waals surface area contributed by atoms with Gasteiger partial charge in [-0.3, -0.25) is 19.8 Å². The maximum Gasteiger partial charge on any atom is 0.293 e. The maximum atomic E-state index is 13.0. The minimum absolute atomic E-state index is 0.0530. The Bertz CT molecular complexity index is 909. The number of hydrogen-bond donors (Lipinski definition) is 1. The molecular formula is C20H31N5O5S. The first-order valence-corrected chi connectivity index (χ1v) is 12.1. The van der Waals surface area contributed by atoms with Gasteiger partial charge in [0.15, 0.2) is 0 Å². The lowest BCUT2D eigenvalue weighted by molar-refractivity contribution is -0.384. The first kappa shape index (κ1) is 23.6. The summed E-state index contributed by atoms with van der Waals surface area (Å²) >= 11 is 0. The molecule has 1 amide bonds. The van der Waals surface area contributed by atoms with Gasteiger partial charge in [0, 0.05) is 45.3 Å². The van der Waals surface area contributed by atoms with E-state index >= 15 is 0 Å². The Morgan fingerprint density at radius 2 is 1.84 bits per heavy atom. The summed E-state index contributed by atoms with van der Waals surface area (Å²) in [4.78, 5) is 25.0. The molecule has 1 aliphatic carbocycles. The minimum Gasteiger partial charge on any atom is -0.319 e. The number of rotatable bonds is 7. The number of piperazine rings is 1. The van der Waals surface area contributed by atoms with E-state index in [4.69, 9.17) is 0 Å². The number of carbonyl (C=O) groups is 1. The summed E-state index contributed by atoms with van der Waals surface area (Å²) in [5.41, 5.74) is 0.756. The zero-order valence-electron chi connectivity index (χ0n) is 18.1. The van der Waals surface area contributed by atoms with Crippen LogP contribution in [0.2, 0.25) is 0 Å². The lowest BCUT2D eigenvalue weighted by atomic mass is 9.96. The normalized spacial score (nSPS) is 19.5. The van der Waals surface area contributed by atoms with Gasteiger partial charge in [-0.1, -0.05) is 25.3 Å². The van der Waals surface area contributed by atoms with Gasteiger partial charge >= 0.3 is 0 Å². The molecule has 1 heterocycles. The zero-order chi connectivity index (χ0) is 22.6. The fraction of sp³-hybridized carbons (Fsp3) is 0.650. The first-order chi connectivity index (χ1) is 14.7. The van der Waals surface area contributed by atoms with Crippen LogP contribution in [-0.4, -0.2) is 78.6 Å². The molecule has 11 heteroatoms. The van der Waals surface area contributed by atoms with Crippen molar-refractivity contribution in [2.24, 2.45) is 0 Å². The van der Waals surface area contributed by atoms with Crippen molar-refractivity contribution in [1.29, 1.82) is 0 Å². The van der Waals surface area contributed by atoms with Crippen LogP contribution in [0, 0.1) is 17.0 Å². The van der Waals surface area contributed by atoms with Gasteiger partial charge in [0.2, 0.25) is 5.91 Å². The van der Waals surface area contributed by atoms with E-state index in [0.29, 0.717) is 26.2 Å². The molecule has 3 rings (SSSR count). The second kappa shape index (κ2) is 10.0. The van der Waals surface area contributed by atoms with Crippen molar-refractivity contribution in [2.45, 2.75) is 45.1 Å². The number of nitrogens with zero attached hydrogens (tertiary/aromatic N) is 4. The molecule has 0 bridgehead atoms. The molecule has 1 aromatic rings. The standard InChI is InChI=1S/C20H31N5O5S/c1-16-8-9-18(19(14-16)25(27)28)21-20(26)15-23-10-12-24(13-11-23)31(29,30)22(2)17-6-4-3-5-7-17/h8-9,14,17H,3-7,10-13,15H2,1-2H3,(H,21,26).